The van der Waals surface area contributed by atoms with Crippen LogP contribution in [0.3, 0.4) is 0 Å². The van der Waals surface area contributed by atoms with Gasteiger partial charge in [-0.3, -0.25) is 14.2 Å². The molecule has 0 bridgehead atoms. The second-order valence-electron chi connectivity index (χ2n) is 7.82. The molecule has 7 nitrogen and oxygen atoms in total. The lowest BCUT2D eigenvalue weighted by atomic mass is 10.1. The monoisotopic (exact) mass is 367 g/mol. The molecule has 2 heterocycles. The first kappa shape index (κ1) is 18.8. The zero-order valence-corrected chi connectivity index (χ0v) is 16.4. The smallest absolute Gasteiger partial charge is 0.264 e. The van der Waals surface area contributed by atoms with Crippen LogP contribution in [0.25, 0.3) is 11.0 Å². The molecule has 7 heteroatoms. The van der Waals surface area contributed by atoms with Crippen molar-refractivity contribution in [3.05, 3.63) is 52.2 Å². The van der Waals surface area contributed by atoms with Gasteiger partial charge in [0, 0.05) is 18.7 Å². The van der Waals surface area contributed by atoms with Gasteiger partial charge in [0.15, 0.2) is 5.65 Å². The summed E-state index contributed by atoms with van der Waals surface area (Å²) in [7, 11) is 0. The molecule has 1 amide bonds. The van der Waals surface area contributed by atoms with Gasteiger partial charge in [-0.15, -0.1) is 0 Å². The lowest BCUT2D eigenvalue weighted by molar-refractivity contribution is -0.116. The summed E-state index contributed by atoms with van der Waals surface area (Å²) in [5.74, 6) is -0.140. The third kappa shape index (κ3) is 3.92. The Morgan fingerprint density at radius 2 is 1.96 bits per heavy atom. The van der Waals surface area contributed by atoms with Crippen LogP contribution in [0.1, 0.15) is 38.3 Å². The molecule has 0 spiro atoms. The molecular formula is C20H25N5O2. The highest BCUT2D eigenvalue weighted by Crippen LogP contribution is 2.18. The number of hydrogen-bond donors (Lipinski definition) is 1. The number of nitrogens with one attached hydrogen (secondary N) is 1. The van der Waals surface area contributed by atoms with Crippen LogP contribution in [-0.4, -0.2) is 25.2 Å². The fraction of sp³-hybridized carbons (Fsp3) is 0.400. The number of anilines is 1. The molecule has 0 saturated heterocycles. The maximum absolute atomic E-state index is 12.7. The summed E-state index contributed by atoms with van der Waals surface area (Å²) in [5.41, 5.74) is 3.06. The number of rotatable bonds is 4. The molecule has 1 aromatic carbocycles. The van der Waals surface area contributed by atoms with Crippen molar-refractivity contribution in [3.8, 4) is 0 Å². The topological polar surface area (TPSA) is 81.8 Å². The van der Waals surface area contributed by atoms with Gasteiger partial charge in [0.05, 0.1) is 18.1 Å². The molecule has 1 N–H and O–H groups in total. The van der Waals surface area contributed by atoms with E-state index in [2.05, 4.69) is 15.4 Å². The van der Waals surface area contributed by atoms with Crippen LogP contribution >= 0.6 is 0 Å². The molecule has 0 unspecified atom stereocenters. The van der Waals surface area contributed by atoms with E-state index in [4.69, 9.17) is 0 Å². The molecule has 27 heavy (non-hydrogen) atoms. The SMILES string of the molecule is Cc1ccc(NC(=O)CCn2cnc3c(cnn3C(C)(C)C)c2=O)c(C)c1. The number of aromatic nitrogens is 4. The minimum atomic E-state index is -0.265. The van der Waals surface area contributed by atoms with E-state index in [-0.39, 0.29) is 30.0 Å². The van der Waals surface area contributed by atoms with Crippen molar-refractivity contribution < 1.29 is 4.79 Å². The third-order valence-electron chi connectivity index (χ3n) is 4.43. The van der Waals surface area contributed by atoms with Crippen molar-refractivity contribution in [2.45, 2.75) is 53.1 Å². The third-order valence-corrected chi connectivity index (χ3v) is 4.43. The predicted octanol–water partition coefficient (Wildman–Crippen LogP) is 2.99. The van der Waals surface area contributed by atoms with Crippen LogP contribution < -0.4 is 10.9 Å². The second kappa shape index (κ2) is 6.98. The Labute approximate surface area is 158 Å². The zero-order chi connectivity index (χ0) is 19.8. The predicted molar refractivity (Wildman–Crippen MR) is 106 cm³/mol. The number of carbonyl (C=O) groups excluding carboxylic acids is 1. The van der Waals surface area contributed by atoms with Crippen LogP contribution in [0, 0.1) is 13.8 Å². The van der Waals surface area contributed by atoms with Crippen molar-refractivity contribution in [3.63, 3.8) is 0 Å². The Hall–Kier alpha value is -2.96. The van der Waals surface area contributed by atoms with Gasteiger partial charge in [-0.25, -0.2) is 9.67 Å². The van der Waals surface area contributed by atoms with Crippen LogP contribution in [0.2, 0.25) is 0 Å². The largest absolute Gasteiger partial charge is 0.326 e. The quantitative estimate of drug-likeness (QED) is 0.768. The van der Waals surface area contributed by atoms with Crippen molar-refractivity contribution in [2.75, 3.05) is 5.32 Å². The molecular weight excluding hydrogens is 342 g/mol. The van der Waals surface area contributed by atoms with E-state index in [1.54, 1.807) is 10.9 Å². The number of benzene rings is 1. The summed E-state index contributed by atoms with van der Waals surface area (Å²) in [6.45, 7) is 10.2. The van der Waals surface area contributed by atoms with Crippen LogP contribution in [0.15, 0.2) is 35.5 Å². The summed E-state index contributed by atoms with van der Waals surface area (Å²) < 4.78 is 3.19. The first-order chi connectivity index (χ1) is 12.7. The highest BCUT2D eigenvalue weighted by Gasteiger charge is 2.19. The first-order valence-corrected chi connectivity index (χ1v) is 8.97. The molecule has 3 aromatic rings. The number of hydrogen-bond acceptors (Lipinski definition) is 4. The molecule has 2 aromatic heterocycles. The van der Waals surface area contributed by atoms with E-state index in [1.807, 2.05) is 52.8 Å². The summed E-state index contributed by atoms with van der Waals surface area (Å²) in [6, 6.07) is 5.87. The average Bonchev–Trinajstić information content (AvgIpc) is 3.02. The Kier molecular flexibility index (Phi) is 4.87. The molecule has 0 aliphatic rings. The van der Waals surface area contributed by atoms with E-state index in [9.17, 15) is 9.59 Å². The standard InChI is InChI=1S/C20H25N5O2/c1-13-6-7-16(14(2)10-13)23-17(26)8-9-24-12-21-18-15(19(24)27)11-22-25(18)20(3,4)5/h6-7,10-12H,8-9H2,1-5H3,(H,23,26). The lowest BCUT2D eigenvalue weighted by Crippen LogP contribution is -2.26. The second-order valence-corrected chi connectivity index (χ2v) is 7.82. The Balaban J connectivity index is 1.74. The van der Waals surface area contributed by atoms with Crippen molar-refractivity contribution in [1.29, 1.82) is 0 Å². The van der Waals surface area contributed by atoms with E-state index in [1.165, 1.54) is 10.9 Å². The van der Waals surface area contributed by atoms with Gasteiger partial charge in [0.2, 0.25) is 5.91 Å². The minimum Gasteiger partial charge on any atom is -0.326 e. The van der Waals surface area contributed by atoms with Gasteiger partial charge < -0.3 is 5.32 Å². The Morgan fingerprint density at radius 3 is 2.63 bits per heavy atom. The number of carbonyl (C=O) groups is 1. The molecule has 0 aliphatic heterocycles. The van der Waals surface area contributed by atoms with Gasteiger partial charge in [-0.2, -0.15) is 5.10 Å². The summed E-state index contributed by atoms with van der Waals surface area (Å²) in [4.78, 5) is 29.3. The van der Waals surface area contributed by atoms with Crippen molar-refractivity contribution in [1.82, 2.24) is 19.3 Å². The Bertz CT molecular complexity index is 1060. The maximum Gasteiger partial charge on any atom is 0.264 e. The van der Waals surface area contributed by atoms with Gasteiger partial charge in [0.25, 0.3) is 5.56 Å². The molecule has 0 radical (unpaired) electrons. The number of fused-ring (bicyclic) bond motifs is 1. The van der Waals surface area contributed by atoms with E-state index < -0.39 is 0 Å². The highest BCUT2D eigenvalue weighted by atomic mass is 16.2. The average molecular weight is 367 g/mol. The fourth-order valence-electron chi connectivity index (χ4n) is 2.99. The fourth-order valence-corrected chi connectivity index (χ4v) is 2.99. The molecule has 0 aliphatic carbocycles. The minimum absolute atomic E-state index is 0.140. The van der Waals surface area contributed by atoms with Crippen molar-refractivity contribution >= 4 is 22.6 Å². The first-order valence-electron chi connectivity index (χ1n) is 8.97. The summed E-state index contributed by atoms with van der Waals surface area (Å²) >= 11 is 0. The van der Waals surface area contributed by atoms with Crippen LogP contribution in [0.4, 0.5) is 5.69 Å². The Morgan fingerprint density at radius 1 is 1.22 bits per heavy atom. The van der Waals surface area contributed by atoms with E-state index >= 15 is 0 Å². The number of amides is 1. The van der Waals surface area contributed by atoms with Gasteiger partial charge in [0.1, 0.15) is 5.39 Å². The normalized spacial score (nSPS) is 11.7. The van der Waals surface area contributed by atoms with E-state index in [0.717, 1.165) is 16.8 Å². The molecule has 0 fully saturated rings. The molecule has 3 rings (SSSR count). The molecule has 0 atom stereocenters. The van der Waals surface area contributed by atoms with Crippen LogP contribution in [-0.2, 0) is 16.9 Å². The highest BCUT2D eigenvalue weighted by molar-refractivity contribution is 5.91. The molecule has 142 valence electrons. The number of nitrogens with zero attached hydrogens (tertiary/aromatic N) is 4. The van der Waals surface area contributed by atoms with Gasteiger partial charge in [-0.1, -0.05) is 17.7 Å². The van der Waals surface area contributed by atoms with Crippen LogP contribution in [0.5, 0.6) is 0 Å². The lowest BCUT2D eigenvalue weighted by Gasteiger charge is -2.19. The summed E-state index contributed by atoms with van der Waals surface area (Å²) in [5, 5.41) is 7.66. The van der Waals surface area contributed by atoms with Gasteiger partial charge >= 0.3 is 0 Å². The zero-order valence-electron chi connectivity index (χ0n) is 16.4. The summed E-state index contributed by atoms with van der Waals surface area (Å²) in [6.07, 6.45) is 3.22. The van der Waals surface area contributed by atoms with E-state index in [0.29, 0.717) is 11.0 Å². The maximum atomic E-state index is 12.7. The number of aryl methyl sites for hydroxylation is 3. The van der Waals surface area contributed by atoms with Crippen molar-refractivity contribution in [2.24, 2.45) is 0 Å². The molecule has 0 saturated carbocycles. The van der Waals surface area contributed by atoms with Gasteiger partial charge in [-0.05, 0) is 46.2 Å².